The van der Waals surface area contributed by atoms with Crippen molar-refractivity contribution in [3.63, 3.8) is 0 Å². The van der Waals surface area contributed by atoms with Crippen LogP contribution in [0.2, 0.25) is 0 Å². The van der Waals surface area contributed by atoms with Gasteiger partial charge in [0.15, 0.2) is 5.78 Å². The van der Waals surface area contributed by atoms with Gasteiger partial charge in [0.05, 0.1) is 0 Å². The maximum atomic E-state index is 12.6. The van der Waals surface area contributed by atoms with Gasteiger partial charge >= 0.3 is 5.97 Å². The second kappa shape index (κ2) is 10.2. The molecule has 3 saturated carbocycles. The van der Waals surface area contributed by atoms with Gasteiger partial charge in [-0.05, 0) is 81.1 Å². The Bertz CT molecular complexity index is 680. The predicted octanol–water partition coefficient (Wildman–Crippen LogP) is 7.18. The molecule has 0 aliphatic heterocycles. The van der Waals surface area contributed by atoms with Gasteiger partial charge in [-0.25, -0.2) is 0 Å². The smallest absolute Gasteiger partial charge is 0.306 e. The van der Waals surface area contributed by atoms with Crippen molar-refractivity contribution in [1.29, 1.82) is 0 Å². The van der Waals surface area contributed by atoms with E-state index >= 15 is 0 Å². The van der Waals surface area contributed by atoms with Crippen molar-refractivity contribution < 1.29 is 14.3 Å². The molecule has 31 heavy (non-hydrogen) atoms. The maximum absolute atomic E-state index is 12.6. The third kappa shape index (κ3) is 4.96. The number of hydrogen-bond acceptors (Lipinski definition) is 3. The van der Waals surface area contributed by atoms with E-state index in [4.69, 9.17) is 4.74 Å². The zero-order valence-corrected chi connectivity index (χ0v) is 20.0. The van der Waals surface area contributed by atoms with E-state index in [2.05, 4.69) is 13.8 Å². The molecule has 0 N–H and O–H groups in total. The topological polar surface area (TPSA) is 43.4 Å². The summed E-state index contributed by atoms with van der Waals surface area (Å²) in [6.45, 7) is 4.67. The molecule has 174 valence electrons. The Kier molecular flexibility index (Phi) is 7.60. The van der Waals surface area contributed by atoms with Crippen molar-refractivity contribution in [2.75, 3.05) is 0 Å². The van der Waals surface area contributed by atoms with E-state index in [-0.39, 0.29) is 17.5 Å². The molecule has 0 bridgehead atoms. The van der Waals surface area contributed by atoms with Gasteiger partial charge in [-0.15, -0.1) is 0 Å². The summed E-state index contributed by atoms with van der Waals surface area (Å²) in [5.74, 6) is 3.26. The van der Waals surface area contributed by atoms with Crippen LogP contribution in [0.1, 0.15) is 117 Å². The van der Waals surface area contributed by atoms with E-state index in [9.17, 15) is 9.59 Å². The molecule has 0 heterocycles. The minimum atomic E-state index is 0.0437. The first-order valence-electron chi connectivity index (χ1n) is 13.5. The van der Waals surface area contributed by atoms with Crippen LogP contribution in [-0.2, 0) is 14.3 Å². The number of ether oxygens (including phenoxy) is 1. The molecule has 0 radical (unpaired) electrons. The second-order valence-electron chi connectivity index (χ2n) is 11.3. The maximum Gasteiger partial charge on any atom is 0.306 e. The quantitative estimate of drug-likeness (QED) is 0.288. The van der Waals surface area contributed by atoms with Crippen molar-refractivity contribution >= 4 is 11.8 Å². The van der Waals surface area contributed by atoms with Crippen LogP contribution in [0.5, 0.6) is 0 Å². The van der Waals surface area contributed by atoms with Gasteiger partial charge < -0.3 is 4.74 Å². The Labute approximate surface area is 189 Å². The lowest BCUT2D eigenvalue weighted by atomic mass is 9.52. The minimum absolute atomic E-state index is 0.0437. The molecule has 4 aliphatic carbocycles. The lowest BCUT2D eigenvalue weighted by Gasteiger charge is -2.53. The molecule has 0 amide bonds. The number of carbonyl (C=O) groups is 2. The summed E-state index contributed by atoms with van der Waals surface area (Å²) in [7, 11) is 0. The Balaban J connectivity index is 1.27. The average molecular weight is 429 g/mol. The number of fused-ring (bicyclic) bond motifs is 5. The molecule has 3 nitrogen and oxygen atoms in total. The third-order valence-electron chi connectivity index (χ3n) is 9.47. The predicted molar refractivity (Wildman–Crippen MR) is 125 cm³/mol. The molecule has 6 atom stereocenters. The van der Waals surface area contributed by atoms with Crippen LogP contribution < -0.4 is 0 Å². The highest BCUT2D eigenvalue weighted by Gasteiger charge is 2.57. The van der Waals surface area contributed by atoms with Gasteiger partial charge in [-0.3, -0.25) is 9.59 Å². The lowest BCUT2D eigenvalue weighted by Crippen LogP contribution is -2.48. The molecule has 0 aromatic rings. The fraction of sp³-hybridized carbons (Fsp3) is 0.857. The van der Waals surface area contributed by atoms with Gasteiger partial charge in [0.1, 0.15) is 6.10 Å². The van der Waals surface area contributed by atoms with Gasteiger partial charge in [0.2, 0.25) is 0 Å². The third-order valence-corrected chi connectivity index (χ3v) is 9.47. The van der Waals surface area contributed by atoms with Crippen LogP contribution in [0, 0.1) is 29.1 Å². The number of carbonyl (C=O) groups excluding carboxylic acids is 2. The highest BCUT2D eigenvalue weighted by Crippen LogP contribution is 2.62. The molecule has 4 rings (SSSR count). The molecule has 3 fully saturated rings. The Morgan fingerprint density at radius 3 is 2.55 bits per heavy atom. The number of rotatable bonds is 9. The van der Waals surface area contributed by atoms with E-state index in [1.54, 1.807) is 0 Å². The SMILES string of the molecule is CCCCCCCCCC(=O)O[C@H]1CC[C@@H]2[C@@H]3CCC4=CC(=O)CC[C@@H]4[C@@H]3CC[C@]12C. The molecular weight excluding hydrogens is 384 g/mol. The summed E-state index contributed by atoms with van der Waals surface area (Å²) in [5.41, 5.74) is 1.62. The first kappa shape index (κ1) is 23.1. The normalized spacial score (nSPS) is 36.9. The second-order valence-corrected chi connectivity index (χ2v) is 11.3. The fourth-order valence-corrected chi connectivity index (χ4v) is 7.77. The Morgan fingerprint density at radius 2 is 1.74 bits per heavy atom. The zero-order valence-electron chi connectivity index (χ0n) is 20.0. The van der Waals surface area contributed by atoms with Crippen LogP contribution in [0.25, 0.3) is 0 Å². The van der Waals surface area contributed by atoms with Crippen molar-refractivity contribution in [2.45, 2.75) is 123 Å². The number of unbranched alkanes of at least 4 members (excludes halogenated alkanes) is 6. The number of ketones is 1. The first-order chi connectivity index (χ1) is 15.0. The van der Waals surface area contributed by atoms with Crippen LogP contribution in [0.15, 0.2) is 11.6 Å². The molecule has 0 spiro atoms. The number of allylic oxidation sites excluding steroid dienone is 1. The van der Waals surface area contributed by atoms with Gasteiger partial charge in [0.25, 0.3) is 0 Å². The van der Waals surface area contributed by atoms with Crippen molar-refractivity contribution in [2.24, 2.45) is 29.1 Å². The Hall–Kier alpha value is -1.12. The van der Waals surface area contributed by atoms with Crippen molar-refractivity contribution in [3.8, 4) is 0 Å². The molecule has 0 saturated heterocycles. The number of esters is 1. The molecule has 0 aromatic carbocycles. The summed E-state index contributed by atoms with van der Waals surface area (Å²) in [6.07, 6.45) is 20.3. The largest absolute Gasteiger partial charge is 0.462 e. The minimum Gasteiger partial charge on any atom is -0.462 e. The summed E-state index contributed by atoms with van der Waals surface area (Å²) in [4.78, 5) is 24.5. The van der Waals surface area contributed by atoms with Crippen LogP contribution in [-0.4, -0.2) is 17.9 Å². The van der Waals surface area contributed by atoms with E-state index in [1.165, 1.54) is 63.4 Å². The molecule has 0 unspecified atom stereocenters. The van der Waals surface area contributed by atoms with E-state index in [1.807, 2.05) is 6.08 Å². The monoisotopic (exact) mass is 428 g/mol. The summed E-state index contributed by atoms with van der Waals surface area (Å²) in [6, 6.07) is 0. The van der Waals surface area contributed by atoms with Gasteiger partial charge in [0, 0.05) is 18.3 Å². The highest BCUT2D eigenvalue weighted by molar-refractivity contribution is 5.91. The standard InChI is InChI=1S/C28H44O3/c1-3-4-5-6-7-8-9-10-27(30)31-26-16-15-25-24-13-11-20-19-21(29)12-14-22(20)23(24)17-18-28(25,26)2/h19,22-26H,3-18H2,1-2H3/t22-,23-,24+,25+,26-,28-/m0/s1. The summed E-state index contributed by atoms with van der Waals surface area (Å²) < 4.78 is 6.13. The Morgan fingerprint density at radius 1 is 0.968 bits per heavy atom. The van der Waals surface area contributed by atoms with E-state index in [0.29, 0.717) is 24.0 Å². The fourth-order valence-electron chi connectivity index (χ4n) is 7.77. The number of hydrogen-bond donors (Lipinski definition) is 0. The van der Waals surface area contributed by atoms with E-state index < -0.39 is 0 Å². The summed E-state index contributed by atoms with van der Waals surface area (Å²) in [5, 5.41) is 0. The molecule has 4 aliphatic rings. The van der Waals surface area contributed by atoms with Crippen LogP contribution in [0.3, 0.4) is 0 Å². The average Bonchev–Trinajstić information content (AvgIpc) is 3.09. The lowest BCUT2D eigenvalue weighted by molar-refractivity contribution is -0.159. The van der Waals surface area contributed by atoms with Crippen LogP contribution in [0.4, 0.5) is 0 Å². The first-order valence-corrected chi connectivity index (χ1v) is 13.5. The molecule has 0 aromatic heterocycles. The van der Waals surface area contributed by atoms with Crippen molar-refractivity contribution in [1.82, 2.24) is 0 Å². The summed E-state index contributed by atoms with van der Waals surface area (Å²) >= 11 is 0. The van der Waals surface area contributed by atoms with Gasteiger partial charge in [-0.1, -0.05) is 57.9 Å². The van der Waals surface area contributed by atoms with Crippen LogP contribution >= 0.6 is 0 Å². The van der Waals surface area contributed by atoms with E-state index in [0.717, 1.165) is 50.4 Å². The zero-order chi connectivity index (χ0) is 21.8. The van der Waals surface area contributed by atoms with Gasteiger partial charge in [-0.2, -0.15) is 0 Å². The molecule has 3 heteroatoms. The highest BCUT2D eigenvalue weighted by atomic mass is 16.5. The van der Waals surface area contributed by atoms with Crippen molar-refractivity contribution in [3.05, 3.63) is 11.6 Å². The molecular formula is C28H44O3.